The summed E-state index contributed by atoms with van der Waals surface area (Å²) in [5, 5.41) is 0. The average Bonchev–Trinajstić information content (AvgIpc) is 2.56. The second-order valence-electron chi connectivity index (χ2n) is 8.08. The zero-order chi connectivity index (χ0) is 19.7. The molecule has 158 valence electrons. The molecule has 1 atom stereocenters. The fraction of sp³-hybridized carbons (Fsp3) is 1.00. The summed E-state index contributed by atoms with van der Waals surface area (Å²) in [5.74, 6) is -0.131. The predicted molar refractivity (Wildman–Crippen MR) is 113 cm³/mol. The van der Waals surface area contributed by atoms with Gasteiger partial charge in [0, 0.05) is 6.04 Å². The van der Waals surface area contributed by atoms with Crippen LogP contribution < -0.4 is 0 Å². The molecule has 0 aromatic rings. The lowest BCUT2D eigenvalue weighted by Crippen LogP contribution is -2.30. The minimum atomic E-state index is -3.84. The van der Waals surface area contributed by atoms with Gasteiger partial charge in [0.1, 0.15) is 0 Å². The highest BCUT2D eigenvalue weighted by Crippen LogP contribution is 2.15. The molecular weight excluding hydrogens is 346 g/mol. The molecule has 5 heteroatoms. The topological polar surface area (TPSA) is 57.6 Å². The van der Waals surface area contributed by atoms with Gasteiger partial charge < -0.3 is 4.90 Å². The normalized spacial score (nSPS) is 13.4. The maximum Gasteiger partial charge on any atom is 0.264 e. The van der Waals surface area contributed by atoms with Crippen LogP contribution >= 0.6 is 0 Å². The molecule has 4 nitrogen and oxygen atoms in total. The average molecular weight is 392 g/mol. The summed E-state index contributed by atoms with van der Waals surface area (Å²) in [6.07, 6.45) is 20.5. The van der Waals surface area contributed by atoms with Crippen molar-refractivity contribution in [2.24, 2.45) is 0 Å². The molecule has 0 aromatic heterocycles. The largest absolute Gasteiger partial charge is 0.306 e. The molecule has 0 spiro atoms. The zero-order valence-electron chi connectivity index (χ0n) is 17.7. The maximum absolute atomic E-state index is 10.9. The van der Waals surface area contributed by atoms with E-state index in [9.17, 15) is 8.42 Å². The van der Waals surface area contributed by atoms with Crippen molar-refractivity contribution in [1.82, 2.24) is 4.90 Å². The van der Waals surface area contributed by atoms with Crippen LogP contribution in [0.5, 0.6) is 0 Å². The minimum Gasteiger partial charge on any atom is -0.306 e. The summed E-state index contributed by atoms with van der Waals surface area (Å²) in [6, 6.07) is 0.245. The highest BCUT2D eigenvalue weighted by molar-refractivity contribution is 7.85. The van der Waals surface area contributed by atoms with Gasteiger partial charge in [-0.25, -0.2) is 0 Å². The van der Waals surface area contributed by atoms with Crippen LogP contribution in [0.25, 0.3) is 0 Å². The standard InChI is InChI=1S/C21H45NO3S/c1-4-5-6-7-8-9-10-11-12-13-14-15-16-17-18-21(22(2)3)19-20-26(23,24)25/h21H,4-20H2,1-3H3,(H,23,24,25). The summed E-state index contributed by atoms with van der Waals surface area (Å²) in [4.78, 5) is 2.08. The quantitative estimate of drug-likeness (QED) is 0.214. The summed E-state index contributed by atoms with van der Waals surface area (Å²) in [5.41, 5.74) is 0. The molecule has 0 rings (SSSR count). The first-order valence-corrected chi connectivity index (χ1v) is 12.6. The Morgan fingerprint density at radius 3 is 1.42 bits per heavy atom. The molecule has 0 heterocycles. The van der Waals surface area contributed by atoms with Crippen molar-refractivity contribution in [3.05, 3.63) is 0 Å². The number of hydrogen-bond donors (Lipinski definition) is 1. The first-order chi connectivity index (χ1) is 12.4. The Morgan fingerprint density at radius 1 is 0.692 bits per heavy atom. The van der Waals surface area contributed by atoms with Crippen LogP contribution in [0.4, 0.5) is 0 Å². The Bertz CT molecular complexity index is 396. The molecule has 0 aliphatic carbocycles. The van der Waals surface area contributed by atoms with E-state index in [1.54, 1.807) is 0 Å². The molecule has 1 unspecified atom stereocenters. The number of unbranched alkanes of at least 4 members (excludes halogenated alkanes) is 13. The molecule has 0 fully saturated rings. The second-order valence-corrected chi connectivity index (χ2v) is 9.65. The maximum atomic E-state index is 10.9. The van der Waals surface area contributed by atoms with E-state index >= 15 is 0 Å². The van der Waals surface area contributed by atoms with E-state index in [2.05, 4.69) is 11.8 Å². The van der Waals surface area contributed by atoms with Crippen molar-refractivity contribution in [3.63, 3.8) is 0 Å². The Kier molecular flexibility index (Phi) is 16.9. The molecule has 0 saturated carbocycles. The van der Waals surface area contributed by atoms with Crippen LogP contribution in [-0.2, 0) is 10.1 Å². The van der Waals surface area contributed by atoms with E-state index in [-0.39, 0.29) is 11.8 Å². The van der Waals surface area contributed by atoms with Gasteiger partial charge in [0.2, 0.25) is 0 Å². The smallest absolute Gasteiger partial charge is 0.264 e. The Labute approximate surface area is 163 Å². The van der Waals surface area contributed by atoms with Crippen molar-refractivity contribution < 1.29 is 13.0 Å². The third-order valence-corrected chi connectivity index (χ3v) is 6.08. The summed E-state index contributed by atoms with van der Waals surface area (Å²) >= 11 is 0. The van der Waals surface area contributed by atoms with Gasteiger partial charge in [0.15, 0.2) is 0 Å². The Hall–Kier alpha value is -0.130. The Balaban J connectivity index is 3.43. The van der Waals surface area contributed by atoms with Crippen molar-refractivity contribution in [2.75, 3.05) is 19.8 Å². The molecule has 0 aliphatic heterocycles. The lowest BCUT2D eigenvalue weighted by atomic mass is 10.0. The fourth-order valence-electron chi connectivity index (χ4n) is 3.52. The van der Waals surface area contributed by atoms with Gasteiger partial charge in [-0.2, -0.15) is 8.42 Å². The zero-order valence-corrected chi connectivity index (χ0v) is 18.5. The summed E-state index contributed by atoms with van der Waals surface area (Å²) in [6.45, 7) is 2.27. The number of nitrogens with zero attached hydrogens (tertiary/aromatic N) is 1. The van der Waals surface area contributed by atoms with Crippen LogP contribution in [0, 0.1) is 0 Å². The van der Waals surface area contributed by atoms with E-state index in [1.807, 2.05) is 14.1 Å². The van der Waals surface area contributed by atoms with Crippen LogP contribution in [0.1, 0.15) is 110 Å². The Morgan fingerprint density at radius 2 is 1.08 bits per heavy atom. The molecule has 1 N–H and O–H groups in total. The SMILES string of the molecule is CCCCCCCCCCCCCCCCC(CCS(=O)(=O)O)N(C)C. The highest BCUT2D eigenvalue weighted by atomic mass is 32.2. The molecule has 0 bridgehead atoms. The second kappa shape index (κ2) is 17.0. The van der Waals surface area contributed by atoms with E-state index in [0.717, 1.165) is 12.8 Å². The van der Waals surface area contributed by atoms with E-state index in [1.165, 1.54) is 83.5 Å². The summed E-state index contributed by atoms with van der Waals surface area (Å²) in [7, 11) is 0.131. The van der Waals surface area contributed by atoms with Crippen LogP contribution in [0.3, 0.4) is 0 Å². The first-order valence-electron chi connectivity index (χ1n) is 11.0. The third kappa shape index (κ3) is 18.7. The van der Waals surface area contributed by atoms with E-state index < -0.39 is 10.1 Å². The van der Waals surface area contributed by atoms with Gasteiger partial charge in [-0.3, -0.25) is 4.55 Å². The molecule has 26 heavy (non-hydrogen) atoms. The van der Waals surface area contributed by atoms with Crippen LogP contribution in [0.2, 0.25) is 0 Å². The van der Waals surface area contributed by atoms with Crippen molar-refractivity contribution in [2.45, 2.75) is 116 Å². The monoisotopic (exact) mass is 391 g/mol. The predicted octanol–water partition coefficient (Wildman–Crippen LogP) is 6.07. The van der Waals surface area contributed by atoms with E-state index in [0.29, 0.717) is 6.42 Å². The van der Waals surface area contributed by atoms with Gasteiger partial charge in [0.25, 0.3) is 10.1 Å². The number of hydrogen-bond acceptors (Lipinski definition) is 3. The van der Waals surface area contributed by atoms with Gasteiger partial charge in [0.05, 0.1) is 5.75 Å². The molecule has 0 radical (unpaired) electrons. The first kappa shape index (κ1) is 25.9. The highest BCUT2D eigenvalue weighted by Gasteiger charge is 2.15. The van der Waals surface area contributed by atoms with Crippen molar-refractivity contribution in [1.29, 1.82) is 0 Å². The van der Waals surface area contributed by atoms with Gasteiger partial charge in [-0.1, -0.05) is 96.8 Å². The summed E-state index contributed by atoms with van der Waals surface area (Å²) < 4.78 is 30.7. The van der Waals surface area contributed by atoms with Crippen molar-refractivity contribution >= 4 is 10.1 Å². The molecule has 0 amide bonds. The molecule has 0 aromatic carbocycles. The van der Waals surface area contributed by atoms with Crippen molar-refractivity contribution in [3.8, 4) is 0 Å². The van der Waals surface area contributed by atoms with E-state index in [4.69, 9.17) is 4.55 Å². The lowest BCUT2D eigenvalue weighted by Gasteiger charge is -2.23. The van der Waals surface area contributed by atoms with Gasteiger partial charge in [-0.05, 0) is 26.9 Å². The lowest BCUT2D eigenvalue weighted by molar-refractivity contribution is 0.264. The van der Waals surface area contributed by atoms with Gasteiger partial charge in [-0.15, -0.1) is 0 Å². The van der Waals surface area contributed by atoms with Crippen LogP contribution in [0.15, 0.2) is 0 Å². The number of rotatable bonds is 19. The van der Waals surface area contributed by atoms with Gasteiger partial charge >= 0.3 is 0 Å². The fourth-order valence-corrected chi connectivity index (χ4v) is 4.09. The molecular formula is C21H45NO3S. The molecule has 0 aliphatic rings. The minimum absolute atomic E-state index is 0.131. The molecule has 0 saturated heterocycles. The third-order valence-electron chi connectivity index (χ3n) is 5.33. The van der Waals surface area contributed by atoms with Crippen LogP contribution in [-0.4, -0.2) is 43.8 Å².